The first-order chi connectivity index (χ1) is 24.6. The number of likely N-dealkylation sites (tertiary alicyclic amines) is 1. The van der Waals surface area contributed by atoms with Crippen molar-refractivity contribution >= 4 is 39.6 Å². The summed E-state index contributed by atoms with van der Waals surface area (Å²) in [6.45, 7) is 15.2. The number of aliphatic hydroxyl groups excluding tert-OH is 1. The van der Waals surface area contributed by atoms with E-state index in [1.807, 2.05) is 44.2 Å². The summed E-state index contributed by atoms with van der Waals surface area (Å²) in [4.78, 5) is 61.8. The highest BCUT2D eigenvalue weighted by atomic mass is 79.9. The number of nitrogens with zero attached hydrogens (tertiary/aromatic N) is 3. The zero-order valence-electron chi connectivity index (χ0n) is 29.8. The van der Waals surface area contributed by atoms with Crippen LogP contribution in [0.5, 0.6) is 0 Å². The van der Waals surface area contributed by atoms with Crippen LogP contribution in [0.1, 0.15) is 51.1 Å². The average molecular weight is 774 g/mol. The SMILES string of the molecule is C=CCCC(=O)OC[C@@H](NC(=O)[C@@H]1[C@H]2O[C@@]3(CC2Br)[C@H](C(=O)N(CC=C)CCN2CCOCC2)N([C@@H](CO)[C@@H](C)CC)C(=O)[C@@H]13)c1ccccc1. The van der Waals surface area contributed by atoms with Gasteiger partial charge in [0.1, 0.15) is 18.2 Å². The molecule has 1 aromatic carbocycles. The van der Waals surface area contributed by atoms with Gasteiger partial charge in [0.25, 0.3) is 0 Å². The van der Waals surface area contributed by atoms with Crippen molar-refractivity contribution in [1.82, 2.24) is 20.0 Å². The van der Waals surface area contributed by atoms with E-state index in [4.69, 9.17) is 14.2 Å². The minimum absolute atomic E-state index is 0.0983. The molecule has 2 bridgehead atoms. The number of aliphatic hydroxyl groups is 1. The van der Waals surface area contributed by atoms with Gasteiger partial charge in [-0.3, -0.25) is 24.1 Å². The molecule has 0 radical (unpaired) electrons. The topological polar surface area (TPSA) is 138 Å². The van der Waals surface area contributed by atoms with E-state index in [-0.39, 0.29) is 48.7 Å². The summed E-state index contributed by atoms with van der Waals surface area (Å²) in [5.74, 6) is -3.50. The number of fused-ring (bicyclic) bond motifs is 1. The van der Waals surface area contributed by atoms with E-state index >= 15 is 0 Å². The van der Waals surface area contributed by atoms with Crippen molar-refractivity contribution < 1.29 is 38.5 Å². The van der Waals surface area contributed by atoms with Crippen LogP contribution in [0.3, 0.4) is 0 Å². The number of morpholine rings is 1. The van der Waals surface area contributed by atoms with Crippen molar-refractivity contribution in [3.05, 3.63) is 61.2 Å². The summed E-state index contributed by atoms with van der Waals surface area (Å²) in [6.07, 6.45) is 4.29. The molecule has 4 saturated heterocycles. The molecular weight excluding hydrogens is 720 g/mol. The molecule has 1 aromatic rings. The molecule has 4 aliphatic rings. The number of ether oxygens (including phenoxy) is 3. The standard InChI is InChI=1S/C38H53BrN4O8/c1-5-8-14-30(45)50-24-28(26-12-10-9-11-13-26)40-35(46)31-32-36(47)43(29(23-44)25(4)7-3)34(38(32)22-27(39)33(31)51-38)37(48)42(15-6-2)17-16-41-18-20-49-21-19-41/h5-6,9-13,25,27-29,31-34,44H,1-2,7-8,14-24H2,3-4H3,(H,40,46)/t25-,27?,28+,29-,31-,32+,33-,34-,38+/m0/s1. The molecule has 5 rings (SSSR count). The Balaban J connectivity index is 1.47. The van der Waals surface area contributed by atoms with E-state index in [0.29, 0.717) is 45.6 Å². The van der Waals surface area contributed by atoms with Crippen molar-refractivity contribution in [2.75, 3.05) is 59.2 Å². The minimum atomic E-state index is -1.30. The number of esters is 1. The third-order valence-corrected chi connectivity index (χ3v) is 11.9. The quantitative estimate of drug-likeness (QED) is 0.131. The Morgan fingerprint density at radius 2 is 1.92 bits per heavy atom. The Hall–Kier alpha value is -3.10. The lowest BCUT2D eigenvalue weighted by molar-refractivity contribution is -0.152. The van der Waals surface area contributed by atoms with Crippen LogP contribution in [0, 0.1) is 17.8 Å². The Kier molecular flexibility index (Phi) is 13.5. The molecular formula is C38H53BrN4O8. The normalized spacial score (nSPS) is 28.8. The van der Waals surface area contributed by atoms with Gasteiger partial charge in [-0.2, -0.15) is 0 Å². The van der Waals surface area contributed by atoms with Gasteiger partial charge < -0.3 is 34.4 Å². The molecule has 280 valence electrons. The Labute approximate surface area is 309 Å². The van der Waals surface area contributed by atoms with Crippen LogP contribution in [0.15, 0.2) is 55.6 Å². The molecule has 51 heavy (non-hydrogen) atoms. The van der Waals surface area contributed by atoms with Gasteiger partial charge in [-0.05, 0) is 24.3 Å². The Morgan fingerprint density at radius 3 is 2.57 bits per heavy atom. The average Bonchev–Trinajstić information content (AvgIpc) is 3.74. The number of alkyl halides is 1. The van der Waals surface area contributed by atoms with E-state index in [1.165, 1.54) is 0 Å². The van der Waals surface area contributed by atoms with Crippen LogP contribution in [0.25, 0.3) is 0 Å². The first-order valence-corrected chi connectivity index (χ1v) is 19.1. The monoisotopic (exact) mass is 772 g/mol. The summed E-state index contributed by atoms with van der Waals surface area (Å²) < 4.78 is 17.8. The highest BCUT2D eigenvalue weighted by Gasteiger charge is 2.77. The van der Waals surface area contributed by atoms with E-state index in [9.17, 15) is 24.3 Å². The molecule has 0 aromatic heterocycles. The predicted molar refractivity (Wildman–Crippen MR) is 195 cm³/mol. The maximum atomic E-state index is 14.9. The zero-order valence-corrected chi connectivity index (χ0v) is 31.4. The summed E-state index contributed by atoms with van der Waals surface area (Å²) in [6, 6.07) is 6.82. The number of amides is 3. The molecule has 0 saturated carbocycles. The zero-order chi connectivity index (χ0) is 36.7. The van der Waals surface area contributed by atoms with Crippen LogP contribution >= 0.6 is 15.9 Å². The Bertz CT molecular complexity index is 1410. The van der Waals surface area contributed by atoms with Crippen LogP contribution in [-0.2, 0) is 33.4 Å². The van der Waals surface area contributed by atoms with Crippen molar-refractivity contribution in [2.45, 2.75) is 74.2 Å². The molecule has 2 N–H and O–H groups in total. The third-order valence-electron chi connectivity index (χ3n) is 11.0. The highest BCUT2D eigenvalue weighted by molar-refractivity contribution is 9.09. The van der Waals surface area contributed by atoms with E-state index in [0.717, 1.165) is 18.7 Å². The molecule has 1 spiro atoms. The fourth-order valence-electron chi connectivity index (χ4n) is 8.17. The number of halogens is 1. The summed E-state index contributed by atoms with van der Waals surface area (Å²) in [7, 11) is 0. The second-order valence-corrected chi connectivity index (χ2v) is 15.2. The predicted octanol–water partition coefficient (Wildman–Crippen LogP) is 2.86. The minimum Gasteiger partial charge on any atom is -0.463 e. The second-order valence-electron chi connectivity index (χ2n) is 14.1. The Morgan fingerprint density at radius 1 is 1.20 bits per heavy atom. The molecule has 0 aliphatic carbocycles. The summed E-state index contributed by atoms with van der Waals surface area (Å²) in [5.41, 5.74) is -0.561. The van der Waals surface area contributed by atoms with Gasteiger partial charge >= 0.3 is 5.97 Å². The number of carbonyl (C=O) groups is 4. The number of carbonyl (C=O) groups excluding carboxylic acids is 4. The smallest absolute Gasteiger partial charge is 0.306 e. The van der Waals surface area contributed by atoms with E-state index < -0.39 is 53.5 Å². The number of rotatable bonds is 18. The first-order valence-electron chi connectivity index (χ1n) is 18.2. The van der Waals surface area contributed by atoms with Gasteiger partial charge in [-0.1, -0.05) is 78.7 Å². The van der Waals surface area contributed by atoms with Crippen LogP contribution in [-0.4, -0.2) is 131 Å². The number of nitrogens with one attached hydrogen (secondary N) is 1. The van der Waals surface area contributed by atoms with Crippen molar-refractivity contribution in [2.24, 2.45) is 17.8 Å². The molecule has 13 heteroatoms. The maximum absolute atomic E-state index is 14.9. The van der Waals surface area contributed by atoms with Crippen molar-refractivity contribution in [3.63, 3.8) is 0 Å². The molecule has 4 fully saturated rings. The molecule has 3 amide bonds. The number of benzene rings is 1. The van der Waals surface area contributed by atoms with Crippen molar-refractivity contribution in [1.29, 1.82) is 0 Å². The third kappa shape index (κ3) is 8.12. The number of hydrogen-bond acceptors (Lipinski definition) is 9. The second kappa shape index (κ2) is 17.6. The van der Waals surface area contributed by atoms with Crippen LogP contribution < -0.4 is 5.32 Å². The van der Waals surface area contributed by atoms with E-state index in [1.54, 1.807) is 22.0 Å². The maximum Gasteiger partial charge on any atom is 0.306 e. The molecule has 4 heterocycles. The van der Waals surface area contributed by atoms with E-state index in [2.05, 4.69) is 39.3 Å². The van der Waals surface area contributed by atoms with Gasteiger partial charge in [-0.15, -0.1) is 13.2 Å². The first kappa shape index (κ1) is 39.1. The van der Waals surface area contributed by atoms with Gasteiger partial charge in [0.05, 0.1) is 49.8 Å². The fraction of sp³-hybridized carbons (Fsp3) is 0.632. The molecule has 1 unspecified atom stereocenters. The summed E-state index contributed by atoms with van der Waals surface area (Å²) >= 11 is 3.76. The molecule has 9 atom stereocenters. The van der Waals surface area contributed by atoms with Gasteiger partial charge in [0, 0.05) is 44.0 Å². The molecule has 4 aliphatic heterocycles. The molecule has 12 nitrogen and oxygen atoms in total. The lowest BCUT2D eigenvalue weighted by Crippen LogP contribution is -2.60. The van der Waals surface area contributed by atoms with Gasteiger partial charge in [0.2, 0.25) is 17.7 Å². The van der Waals surface area contributed by atoms with Crippen molar-refractivity contribution in [3.8, 4) is 0 Å². The number of allylic oxidation sites excluding steroid dienone is 1. The largest absolute Gasteiger partial charge is 0.463 e. The lowest BCUT2D eigenvalue weighted by Gasteiger charge is -2.41. The highest BCUT2D eigenvalue weighted by Crippen LogP contribution is 2.61. The van der Waals surface area contributed by atoms with Crippen LogP contribution in [0.4, 0.5) is 0 Å². The van der Waals surface area contributed by atoms with Gasteiger partial charge in [0.15, 0.2) is 0 Å². The summed E-state index contributed by atoms with van der Waals surface area (Å²) in [5, 5.41) is 13.8. The number of hydrogen-bond donors (Lipinski definition) is 2. The lowest BCUT2D eigenvalue weighted by atomic mass is 9.70. The van der Waals surface area contributed by atoms with Gasteiger partial charge in [-0.25, -0.2) is 0 Å². The van der Waals surface area contributed by atoms with Crippen LogP contribution in [0.2, 0.25) is 0 Å². The fourth-order valence-corrected chi connectivity index (χ4v) is 9.11.